The molecule has 1 aliphatic rings. The van der Waals surface area contributed by atoms with Gasteiger partial charge in [0.05, 0.1) is 25.5 Å². The van der Waals surface area contributed by atoms with Gasteiger partial charge in [0, 0.05) is 25.0 Å². The zero-order valence-corrected chi connectivity index (χ0v) is 14.3. The van der Waals surface area contributed by atoms with E-state index in [9.17, 15) is 9.90 Å². The summed E-state index contributed by atoms with van der Waals surface area (Å²) in [7, 11) is 3.34. The Hall–Kier alpha value is -2.67. The van der Waals surface area contributed by atoms with Gasteiger partial charge in [-0.15, -0.1) is 0 Å². The molecule has 0 radical (unpaired) electrons. The van der Waals surface area contributed by atoms with Gasteiger partial charge >= 0.3 is 0 Å². The molecule has 3 N–H and O–H groups in total. The van der Waals surface area contributed by atoms with Gasteiger partial charge in [0.15, 0.2) is 0 Å². The second kappa shape index (κ2) is 7.48. The van der Waals surface area contributed by atoms with Crippen LogP contribution in [0.1, 0.15) is 34.8 Å². The first-order chi connectivity index (χ1) is 12.1. The summed E-state index contributed by atoms with van der Waals surface area (Å²) in [6.45, 7) is 0. The number of aliphatic hydroxyl groups is 1. The van der Waals surface area contributed by atoms with Crippen LogP contribution < -0.4 is 15.4 Å². The quantitative estimate of drug-likeness (QED) is 0.740. The monoisotopic (exact) mass is 342 g/mol. The molecule has 0 saturated heterocycles. The number of hydrogen-bond acceptors (Lipinski definition) is 6. The summed E-state index contributed by atoms with van der Waals surface area (Å²) in [5.74, 6) is 1.25. The van der Waals surface area contributed by atoms with E-state index in [-0.39, 0.29) is 24.0 Å². The number of nitrogens with zero attached hydrogens (tertiary/aromatic N) is 2. The first-order valence-electron chi connectivity index (χ1n) is 8.22. The van der Waals surface area contributed by atoms with Crippen LogP contribution in [0.4, 0.5) is 5.82 Å². The molecule has 2 aromatic rings. The zero-order valence-electron chi connectivity index (χ0n) is 14.3. The Morgan fingerprint density at radius 3 is 2.84 bits per heavy atom. The van der Waals surface area contributed by atoms with Gasteiger partial charge in [-0.25, -0.2) is 4.98 Å². The zero-order chi connectivity index (χ0) is 17.8. The van der Waals surface area contributed by atoms with E-state index < -0.39 is 0 Å². The summed E-state index contributed by atoms with van der Waals surface area (Å²) in [5.41, 5.74) is 1.40. The molecule has 1 unspecified atom stereocenters. The van der Waals surface area contributed by atoms with Crippen LogP contribution in [-0.2, 0) is 0 Å². The molecule has 0 aromatic carbocycles. The lowest BCUT2D eigenvalue weighted by Crippen LogP contribution is -2.41. The van der Waals surface area contributed by atoms with Crippen LogP contribution in [-0.4, -0.2) is 41.2 Å². The lowest BCUT2D eigenvalue weighted by Gasteiger charge is -2.38. The Labute approximate surface area is 146 Å². The highest BCUT2D eigenvalue weighted by atomic mass is 16.5. The van der Waals surface area contributed by atoms with Gasteiger partial charge in [-0.05, 0) is 42.5 Å². The molecule has 2 heterocycles. The number of aromatic nitrogens is 2. The van der Waals surface area contributed by atoms with Crippen LogP contribution in [0, 0.1) is 5.92 Å². The standard InChI is InChI=1S/C18H22N4O3/c1-19-16-8-11(3-4-21-16)18(24)22-17(12-5-14(23)6-12)13-7-15(25-2)10-20-9-13/h3-4,7-10,12,14,17,23H,5-6H2,1-2H3,(H,19,21)(H,22,24). The molecule has 2 aromatic heterocycles. The maximum absolute atomic E-state index is 12.7. The molecule has 1 amide bonds. The minimum Gasteiger partial charge on any atom is -0.495 e. The number of carbonyl (C=O) groups is 1. The summed E-state index contributed by atoms with van der Waals surface area (Å²) in [5, 5.41) is 15.7. The number of ether oxygens (including phenoxy) is 1. The number of methoxy groups -OCH3 is 1. The number of rotatable bonds is 6. The molecule has 1 saturated carbocycles. The van der Waals surface area contributed by atoms with E-state index in [2.05, 4.69) is 20.6 Å². The molecule has 132 valence electrons. The number of carbonyl (C=O) groups excluding carboxylic acids is 1. The number of nitrogens with one attached hydrogen (secondary N) is 2. The molecule has 0 bridgehead atoms. The Bertz CT molecular complexity index is 747. The van der Waals surface area contributed by atoms with E-state index in [4.69, 9.17) is 4.74 Å². The minimum absolute atomic E-state index is 0.165. The summed E-state index contributed by atoms with van der Waals surface area (Å²) in [6.07, 6.45) is 5.94. The molecule has 7 nitrogen and oxygen atoms in total. The Morgan fingerprint density at radius 2 is 2.16 bits per heavy atom. The largest absolute Gasteiger partial charge is 0.495 e. The van der Waals surface area contributed by atoms with E-state index in [0.29, 0.717) is 30.0 Å². The smallest absolute Gasteiger partial charge is 0.251 e. The minimum atomic E-state index is -0.306. The number of anilines is 1. The molecule has 0 spiro atoms. The van der Waals surface area contributed by atoms with Gasteiger partial charge < -0.3 is 20.5 Å². The highest BCUT2D eigenvalue weighted by Gasteiger charge is 2.36. The number of aliphatic hydroxyl groups excluding tert-OH is 1. The van der Waals surface area contributed by atoms with Crippen LogP contribution in [0.15, 0.2) is 36.8 Å². The van der Waals surface area contributed by atoms with Crippen LogP contribution >= 0.6 is 0 Å². The first-order valence-corrected chi connectivity index (χ1v) is 8.22. The van der Waals surface area contributed by atoms with Crippen molar-refractivity contribution in [3.63, 3.8) is 0 Å². The van der Waals surface area contributed by atoms with Crippen molar-refractivity contribution >= 4 is 11.7 Å². The van der Waals surface area contributed by atoms with E-state index >= 15 is 0 Å². The Morgan fingerprint density at radius 1 is 1.36 bits per heavy atom. The average molecular weight is 342 g/mol. The summed E-state index contributed by atoms with van der Waals surface area (Å²) in [6, 6.07) is 5.01. The maximum atomic E-state index is 12.7. The van der Waals surface area contributed by atoms with Crippen molar-refractivity contribution in [3.8, 4) is 5.75 Å². The summed E-state index contributed by atoms with van der Waals surface area (Å²) in [4.78, 5) is 21.0. The molecule has 7 heteroatoms. The van der Waals surface area contributed by atoms with Crippen molar-refractivity contribution in [2.75, 3.05) is 19.5 Å². The lowest BCUT2D eigenvalue weighted by atomic mass is 9.75. The molecule has 1 atom stereocenters. The number of pyridine rings is 2. The lowest BCUT2D eigenvalue weighted by molar-refractivity contribution is 0.0234. The van der Waals surface area contributed by atoms with Crippen molar-refractivity contribution in [1.29, 1.82) is 0 Å². The molecule has 3 rings (SSSR count). The summed E-state index contributed by atoms with van der Waals surface area (Å²) < 4.78 is 5.24. The van der Waals surface area contributed by atoms with E-state index in [1.54, 1.807) is 44.9 Å². The van der Waals surface area contributed by atoms with Gasteiger partial charge in [0.1, 0.15) is 11.6 Å². The molecule has 25 heavy (non-hydrogen) atoms. The van der Waals surface area contributed by atoms with Crippen LogP contribution in [0.3, 0.4) is 0 Å². The van der Waals surface area contributed by atoms with E-state index in [1.807, 2.05) is 6.07 Å². The van der Waals surface area contributed by atoms with Crippen molar-refractivity contribution < 1.29 is 14.6 Å². The van der Waals surface area contributed by atoms with E-state index in [0.717, 1.165) is 5.56 Å². The third-order valence-electron chi connectivity index (χ3n) is 4.52. The van der Waals surface area contributed by atoms with Crippen molar-refractivity contribution in [1.82, 2.24) is 15.3 Å². The number of hydrogen-bond donors (Lipinski definition) is 3. The predicted octanol–water partition coefficient (Wildman–Crippen LogP) is 1.77. The van der Waals surface area contributed by atoms with Crippen LogP contribution in [0.2, 0.25) is 0 Å². The van der Waals surface area contributed by atoms with Crippen molar-refractivity contribution in [3.05, 3.63) is 47.9 Å². The first kappa shape index (κ1) is 17.2. The van der Waals surface area contributed by atoms with Gasteiger partial charge in [0.2, 0.25) is 0 Å². The fraction of sp³-hybridized carbons (Fsp3) is 0.389. The van der Waals surface area contributed by atoms with Crippen molar-refractivity contribution in [2.45, 2.75) is 25.0 Å². The highest BCUT2D eigenvalue weighted by molar-refractivity contribution is 5.95. The predicted molar refractivity (Wildman–Crippen MR) is 93.5 cm³/mol. The molecule has 1 aliphatic carbocycles. The fourth-order valence-electron chi connectivity index (χ4n) is 3.03. The van der Waals surface area contributed by atoms with Crippen molar-refractivity contribution in [2.24, 2.45) is 5.92 Å². The van der Waals surface area contributed by atoms with Gasteiger partial charge in [-0.3, -0.25) is 9.78 Å². The van der Waals surface area contributed by atoms with Gasteiger partial charge in [-0.1, -0.05) is 0 Å². The average Bonchev–Trinajstić information content (AvgIpc) is 2.63. The third kappa shape index (κ3) is 3.88. The fourth-order valence-corrected chi connectivity index (χ4v) is 3.03. The topological polar surface area (TPSA) is 96.4 Å². The summed E-state index contributed by atoms with van der Waals surface area (Å²) >= 11 is 0. The van der Waals surface area contributed by atoms with Crippen LogP contribution in [0.5, 0.6) is 5.75 Å². The highest BCUT2D eigenvalue weighted by Crippen LogP contribution is 2.38. The number of amides is 1. The van der Waals surface area contributed by atoms with Gasteiger partial charge in [0.25, 0.3) is 5.91 Å². The SMILES string of the molecule is CNc1cc(C(=O)NC(c2cncc(OC)c2)C2CC(O)C2)ccn1. The van der Waals surface area contributed by atoms with Gasteiger partial charge in [-0.2, -0.15) is 0 Å². The Kier molecular flexibility index (Phi) is 5.14. The van der Waals surface area contributed by atoms with E-state index in [1.165, 1.54) is 0 Å². The van der Waals surface area contributed by atoms with Crippen LogP contribution in [0.25, 0.3) is 0 Å². The second-order valence-electron chi connectivity index (χ2n) is 6.17. The molecular weight excluding hydrogens is 320 g/mol. The maximum Gasteiger partial charge on any atom is 0.251 e. The second-order valence-corrected chi connectivity index (χ2v) is 6.17. The normalized spacial score (nSPS) is 20.3. The Balaban J connectivity index is 1.83. The molecule has 0 aliphatic heterocycles. The molecule has 1 fully saturated rings. The third-order valence-corrected chi connectivity index (χ3v) is 4.52. The molecular formula is C18H22N4O3.